The Morgan fingerprint density at radius 3 is 3.00 bits per heavy atom. The van der Waals surface area contributed by atoms with Crippen LogP contribution in [0.3, 0.4) is 0 Å². The van der Waals surface area contributed by atoms with Crippen LogP contribution in [0.5, 0.6) is 5.75 Å². The Balaban J connectivity index is 2.46. The molecule has 0 atom stereocenters. The van der Waals surface area contributed by atoms with Crippen LogP contribution in [0, 0.1) is 0 Å². The molecule has 1 aromatic carbocycles. The van der Waals surface area contributed by atoms with Crippen molar-refractivity contribution in [1.82, 2.24) is 0 Å². The lowest BCUT2D eigenvalue weighted by Crippen LogP contribution is -2.27. The van der Waals surface area contributed by atoms with Crippen molar-refractivity contribution in [1.29, 1.82) is 0 Å². The summed E-state index contributed by atoms with van der Waals surface area (Å²) >= 11 is 0. The number of nitrogens with two attached hydrogens (primary N) is 1. The van der Waals surface area contributed by atoms with E-state index in [0.29, 0.717) is 6.61 Å². The summed E-state index contributed by atoms with van der Waals surface area (Å²) in [6.07, 6.45) is 1.05. The molecular weight excluding hydrogens is 190 g/mol. The molecule has 0 fully saturated rings. The Hall–Kier alpha value is -1.06. The van der Waals surface area contributed by atoms with Crippen LogP contribution in [0.4, 0.5) is 0 Å². The Morgan fingerprint density at radius 1 is 1.47 bits per heavy atom. The molecule has 2 N–H and O–H groups in total. The van der Waals surface area contributed by atoms with E-state index in [1.807, 2.05) is 12.1 Å². The van der Waals surface area contributed by atoms with Gasteiger partial charge in [0.15, 0.2) is 0 Å². The largest absolute Gasteiger partial charge is 0.493 e. The number of fused-ring (bicyclic) bond motifs is 1. The average Bonchev–Trinajstić information content (AvgIpc) is 2.19. The normalized spacial score (nSPS) is 18.1. The maximum Gasteiger partial charge on any atom is 0.128 e. The van der Waals surface area contributed by atoms with Crippen molar-refractivity contribution >= 4 is 0 Å². The Kier molecular flexibility index (Phi) is 2.67. The molecule has 0 aromatic heterocycles. The van der Waals surface area contributed by atoms with Crippen molar-refractivity contribution in [2.24, 2.45) is 5.90 Å². The lowest BCUT2D eigenvalue weighted by Gasteiger charge is -2.33. The molecule has 2 rings (SSSR count). The summed E-state index contributed by atoms with van der Waals surface area (Å²) in [6.45, 7) is 5.64. The van der Waals surface area contributed by atoms with Gasteiger partial charge in [0.1, 0.15) is 5.75 Å². The Bertz CT molecular complexity index is 361. The fraction of sp³-hybridized carbons (Fsp3) is 0.500. The van der Waals surface area contributed by atoms with E-state index in [-0.39, 0.29) is 5.41 Å². The topological polar surface area (TPSA) is 44.5 Å². The van der Waals surface area contributed by atoms with E-state index in [0.717, 1.165) is 24.3 Å². The van der Waals surface area contributed by atoms with E-state index in [1.54, 1.807) is 0 Å². The lowest BCUT2D eigenvalue weighted by atomic mass is 9.79. The third kappa shape index (κ3) is 1.85. The van der Waals surface area contributed by atoms with Crippen LogP contribution in [0.25, 0.3) is 0 Å². The maximum absolute atomic E-state index is 5.71. The van der Waals surface area contributed by atoms with Crippen LogP contribution in [0.2, 0.25) is 0 Å². The molecule has 0 bridgehead atoms. The van der Waals surface area contributed by atoms with Crippen molar-refractivity contribution in [2.75, 3.05) is 6.61 Å². The second kappa shape index (κ2) is 3.83. The monoisotopic (exact) mass is 207 g/mol. The van der Waals surface area contributed by atoms with Crippen molar-refractivity contribution in [3.63, 3.8) is 0 Å². The van der Waals surface area contributed by atoms with Gasteiger partial charge >= 0.3 is 0 Å². The van der Waals surface area contributed by atoms with Crippen molar-refractivity contribution in [3.05, 3.63) is 29.3 Å². The fourth-order valence-corrected chi connectivity index (χ4v) is 2.03. The highest BCUT2D eigenvalue weighted by molar-refractivity contribution is 5.46. The molecule has 3 heteroatoms. The van der Waals surface area contributed by atoms with E-state index in [2.05, 4.69) is 24.8 Å². The number of rotatable bonds is 2. The predicted molar refractivity (Wildman–Crippen MR) is 58.6 cm³/mol. The molecule has 1 aliphatic rings. The third-order valence-electron chi connectivity index (χ3n) is 3.04. The molecule has 1 aromatic rings. The molecule has 0 saturated heterocycles. The van der Waals surface area contributed by atoms with Gasteiger partial charge in [0, 0.05) is 11.1 Å². The van der Waals surface area contributed by atoms with Crippen molar-refractivity contribution in [3.8, 4) is 5.75 Å². The Labute approximate surface area is 90.1 Å². The van der Waals surface area contributed by atoms with Crippen LogP contribution in [0.1, 0.15) is 31.4 Å². The first-order valence-electron chi connectivity index (χ1n) is 5.22. The molecule has 1 aliphatic heterocycles. The SMILES string of the molecule is CC1(C)CCOc2c(CON)cccc21. The molecule has 0 spiro atoms. The highest BCUT2D eigenvalue weighted by Gasteiger charge is 2.29. The molecule has 0 radical (unpaired) electrons. The standard InChI is InChI=1S/C12H17NO2/c1-12(2)6-7-14-11-9(8-15-13)4-3-5-10(11)12/h3-5H,6-8,13H2,1-2H3. The van der Waals surface area contributed by atoms with Crippen molar-refractivity contribution < 1.29 is 9.57 Å². The van der Waals surface area contributed by atoms with Gasteiger partial charge in [-0.15, -0.1) is 0 Å². The first kappa shape index (κ1) is 10.5. The summed E-state index contributed by atoms with van der Waals surface area (Å²) in [4.78, 5) is 4.68. The summed E-state index contributed by atoms with van der Waals surface area (Å²) in [5.74, 6) is 6.06. The molecule has 0 saturated carbocycles. The highest BCUT2D eigenvalue weighted by atomic mass is 16.6. The molecular formula is C12H17NO2. The van der Waals surface area contributed by atoms with Gasteiger partial charge in [-0.3, -0.25) is 4.84 Å². The first-order valence-corrected chi connectivity index (χ1v) is 5.22. The van der Waals surface area contributed by atoms with Gasteiger partial charge in [0.25, 0.3) is 0 Å². The second-order valence-electron chi connectivity index (χ2n) is 4.59. The zero-order valence-electron chi connectivity index (χ0n) is 9.25. The highest BCUT2D eigenvalue weighted by Crippen LogP contribution is 2.40. The summed E-state index contributed by atoms with van der Waals surface area (Å²) in [6, 6.07) is 6.14. The Morgan fingerprint density at radius 2 is 2.27 bits per heavy atom. The minimum atomic E-state index is 0.179. The van der Waals surface area contributed by atoms with E-state index >= 15 is 0 Å². The number of hydrogen-bond donors (Lipinski definition) is 1. The molecule has 0 unspecified atom stereocenters. The number of ether oxygens (including phenoxy) is 1. The van der Waals surface area contributed by atoms with E-state index in [4.69, 9.17) is 10.6 Å². The van der Waals surface area contributed by atoms with Gasteiger partial charge in [-0.05, 0) is 11.8 Å². The summed E-state index contributed by atoms with van der Waals surface area (Å²) in [5.41, 5.74) is 2.46. The summed E-state index contributed by atoms with van der Waals surface area (Å²) in [5, 5.41) is 0. The van der Waals surface area contributed by atoms with Crippen molar-refractivity contribution in [2.45, 2.75) is 32.3 Å². The van der Waals surface area contributed by atoms with E-state index in [1.165, 1.54) is 5.56 Å². The van der Waals surface area contributed by atoms with E-state index in [9.17, 15) is 0 Å². The smallest absolute Gasteiger partial charge is 0.128 e. The number of benzene rings is 1. The van der Waals surface area contributed by atoms with E-state index < -0.39 is 0 Å². The zero-order chi connectivity index (χ0) is 10.9. The molecule has 3 nitrogen and oxygen atoms in total. The maximum atomic E-state index is 5.71. The second-order valence-corrected chi connectivity index (χ2v) is 4.59. The molecule has 15 heavy (non-hydrogen) atoms. The number of para-hydroxylation sites is 1. The summed E-state index contributed by atoms with van der Waals surface area (Å²) in [7, 11) is 0. The van der Waals surface area contributed by atoms with Gasteiger partial charge in [-0.2, -0.15) is 0 Å². The summed E-state index contributed by atoms with van der Waals surface area (Å²) < 4.78 is 5.71. The van der Waals surface area contributed by atoms with Gasteiger partial charge in [-0.1, -0.05) is 32.0 Å². The third-order valence-corrected chi connectivity index (χ3v) is 3.04. The average molecular weight is 207 g/mol. The van der Waals surface area contributed by atoms with Gasteiger partial charge < -0.3 is 4.74 Å². The minimum absolute atomic E-state index is 0.179. The van der Waals surface area contributed by atoms with Crippen LogP contribution in [-0.2, 0) is 16.9 Å². The lowest BCUT2D eigenvalue weighted by molar-refractivity contribution is 0.119. The van der Waals surface area contributed by atoms with Gasteiger partial charge in [-0.25, -0.2) is 5.90 Å². The predicted octanol–water partition coefficient (Wildman–Crippen LogP) is 2.14. The van der Waals surface area contributed by atoms with Crippen LogP contribution >= 0.6 is 0 Å². The van der Waals surface area contributed by atoms with Gasteiger partial charge in [0.2, 0.25) is 0 Å². The quantitative estimate of drug-likeness (QED) is 0.756. The van der Waals surface area contributed by atoms with Crippen LogP contribution in [0.15, 0.2) is 18.2 Å². The first-order chi connectivity index (χ1) is 7.15. The molecule has 0 aliphatic carbocycles. The minimum Gasteiger partial charge on any atom is -0.493 e. The van der Waals surface area contributed by atoms with Crippen LogP contribution < -0.4 is 10.6 Å². The van der Waals surface area contributed by atoms with Gasteiger partial charge in [0.05, 0.1) is 13.2 Å². The fourth-order valence-electron chi connectivity index (χ4n) is 2.03. The van der Waals surface area contributed by atoms with Crippen LogP contribution in [-0.4, -0.2) is 6.61 Å². The zero-order valence-corrected chi connectivity index (χ0v) is 9.25. The number of hydrogen-bond acceptors (Lipinski definition) is 3. The molecule has 1 heterocycles. The molecule has 82 valence electrons. The molecule has 0 amide bonds.